The predicted molar refractivity (Wildman–Crippen MR) is 264 cm³/mol. The van der Waals surface area contributed by atoms with Crippen LogP contribution in [0, 0.1) is 24.7 Å². The average molecular weight is 943 g/mol. The first-order valence-electron chi connectivity index (χ1n) is 23.8. The molecular formula is C53H72N3O12+. The minimum absolute atomic E-state index is 0.00209. The summed E-state index contributed by atoms with van der Waals surface area (Å²) in [6.45, 7) is 20.1. The van der Waals surface area contributed by atoms with E-state index in [4.69, 9.17) is 38.2 Å². The third-order valence-electron chi connectivity index (χ3n) is 12.8. The van der Waals surface area contributed by atoms with Crippen molar-refractivity contribution in [3.63, 3.8) is 0 Å². The number of likely N-dealkylation sites (N-methyl/N-ethyl adjacent to an activating group) is 1. The summed E-state index contributed by atoms with van der Waals surface area (Å²) in [5, 5.41) is 10.00. The second kappa shape index (κ2) is 23.0. The van der Waals surface area contributed by atoms with E-state index in [2.05, 4.69) is 30.9 Å². The summed E-state index contributed by atoms with van der Waals surface area (Å²) in [5.41, 5.74) is 0.829. The number of hydrogen-bond acceptors (Lipinski definition) is 13. The number of ether oxygens (including phenoxy) is 6. The first-order chi connectivity index (χ1) is 32.5. The number of carbonyl (C=O) groups excluding carboxylic acids is 3. The molecule has 0 aromatic heterocycles. The number of esters is 1. The molecule has 68 heavy (non-hydrogen) atoms. The quantitative estimate of drug-likeness (QED) is 0.0837. The van der Waals surface area contributed by atoms with E-state index in [1.165, 1.54) is 33.0 Å². The second-order valence-electron chi connectivity index (χ2n) is 18.4. The lowest BCUT2D eigenvalue weighted by Gasteiger charge is -2.34. The van der Waals surface area contributed by atoms with E-state index in [0.717, 1.165) is 37.6 Å². The van der Waals surface area contributed by atoms with Gasteiger partial charge in [0.1, 0.15) is 59.5 Å². The minimum Gasteiger partial charge on any atom is -0.488 e. The van der Waals surface area contributed by atoms with Gasteiger partial charge in [0.2, 0.25) is 5.43 Å². The number of quaternary nitrogens is 1. The van der Waals surface area contributed by atoms with Crippen molar-refractivity contribution in [3.8, 4) is 28.7 Å². The first kappa shape index (κ1) is 53.2. The number of amides is 1. The summed E-state index contributed by atoms with van der Waals surface area (Å²) in [5.74, 6) is -2.63. The molecule has 5 heterocycles. The van der Waals surface area contributed by atoms with E-state index in [1.54, 1.807) is 52.4 Å². The van der Waals surface area contributed by atoms with Crippen LogP contribution in [0.1, 0.15) is 103 Å². The summed E-state index contributed by atoms with van der Waals surface area (Å²) in [6.07, 6.45) is 11.3. The second-order valence-corrected chi connectivity index (χ2v) is 18.4. The van der Waals surface area contributed by atoms with Crippen molar-refractivity contribution in [3.05, 3.63) is 75.7 Å². The van der Waals surface area contributed by atoms with Gasteiger partial charge in [0.25, 0.3) is 11.7 Å². The van der Waals surface area contributed by atoms with Crippen molar-refractivity contribution in [1.82, 2.24) is 4.98 Å². The van der Waals surface area contributed by atoms with E-state index >= 15 is 4.79 Å². The number of nitrogens with one attached hydrogen (secondary N) is 1. The van der Waals surface area contributed by atoms with Gasteiger partial charge in [0, 0.05) is 76.5 Å². The molecular weight excluding hydrogens is 871 g/mol. The zero-order valence-corrected chi connectivity index (χ0v) is 42.2. The Bertz CT molecular complexity index is 2570. The molecule has 15 heteroatoms. The van der Waals surface area contributed by atoms with Crippen molar-refractivity contribution < 1.29 is 56.8 Å². The van der Waals surface area contributed by atoms with Crippen LogP contribution in [0.25, 0.3) is 33.3 Å². The smallest absolute Gasteiger partial charge is 0.312 e. The van der Waals surface area contributed by atoms with Crippen LogP contribution in [-0.4, -0.2) is 105 Å². The van der Waals surface area contributed by atoms with Gasteiger partial charge >= 0.3 is 11.8 Å². The highest BCUT2D eigenvalue weighted by Gasteiger charge is 2.50. The first-order valence-corrected chi connectivity index (χ1v) is 23.8. The SMILES string of the molecule is CC.CC(=O)OC1C2C[C@H](C)CC(C)/C=C/C=C(/C)C(=O)Nc3c4oc5cc(OCC[N+]6(C)CCCC6)ccc5nc-4c4c5c(c(C)c(c4c3=O)O2)O[C@](C)(O/C=C/C[C@H]1C)C5=O.CO.COC. The lowest BCUT2D eigenvalue weighted by Crippen LogP contribution is -2.43. The highest BCUT2D eigenvalue weighted by Crippen LogP contribution is 2.51. The molecule has 1 amide bonds. The number of benzene rings is 3. The van der Waals surface area contributed by atoms with Gasteiger partial charge in [-0.2, -0.15) is 0 Å². The number of aliphatic hydroxyl groups excluding tert-OH is 1. The van der Waals surface area contributed by atoms with Crippen LogP contribution in [0.4, 0.5) is 5.69 Å². The Labute approximate surface area is 400 Å². The maximum atomic E-state index is 15.4. The number of ketones is 1. The Morgan fingerprint density at radius 1 is 1.01 bits per heavy atom. The van der Waals surface area contributed by atoms with Crippen molar-refractivity contribution in [2.24, 2.45) is 17.8 Å². The fourth-order valence-corrected chi connectivity index (χ4v) is 9.41. The Morgan fingerprint density at radius 3 is 2.38 bits per heavy atom. The molecule has 0 spiro atoms. The van der Waals surface area contributed by atoms with Crippen LogP contribution in [0.2, 0.25) is 0 Å². The zero-order chi connectivity index (χ0) is 50.1. The standard InChI is InChI=1S/C48H55N3O10.C2H6O.C2H6.CH4O/c1-26-13-11-14-29(4)47(55)50-40-41(53)37-36(39-45(40)59-34-25-32(16-17-33(34)49-39)56-22-20-51(8)18-9-10-19-51)38-44-30(5)43(37)60-35(24-27(2)23-26)42(58-31(6)52)28(3)15-12-21-57-48(7,61-44)46(38)54;1-3-2;2*1-2/h11-14,16-17,21,25-28,35,42H,9-10,15,18-20,22-24H2,1-8H3;1-2H3;1-2H3;2H,1H3/p+1/b13-11+,21-12+,29-14-;;;/t26?,27-,28-,35?,42?,48+;;;/m1.../s1. The lowest BCUT2D eigenvalue weighted by atomic mass is 9.86. The molecule has 6 aliphatic rings. The summed E-state index contributed by atoms with van der Waals surface area (Å²) >= 11 is 0. The number of likely N-dealkylation sites (tertiary alicyclic amines) is 1. The van der Waals surface area contributed by atoms with Gasteiger partial charge in [-0.15, -0.1) is 0 Å². The average Bonchev–Trinajstić information content (AvgIpc) is 3.86. The van der Waals surface area contributed by atoms with E-state index in [9.17, 15) is 14.4 Å². The van der Waals surface area contributed by atoms with Gasteiger partial charge < -0.3 is 47.7 Å². The number of aromatic nitrogens is 1. The fourth-order valence-electron chi connectivity index (χ4n) is 9.41. The van der Waals surface area contributed by atoms with Gasteiger partial charge in [-0.3, -0.25) is 19.2 Å². The number of allylic oxidation sites excluding steroid dienone is 4. The van der Waals surface area contributed by atoms with Crippen LogP contribution < -0.4 is 25.0 Å². The molecule has 1 saturated heterocycles. The molecule has 2 aromatic rings. The molecule has 370 valence electrons. The summed E-state index contributed by atoms with van der Waals surface area (Å²) in [7, 11) is 6.50. The summed E-state index contributed by atoms with van der Waals surface area (Å²) in [6, 6.07) is 5.31. The van der Waals surface area contributed by atoms with Gasteiger partial charge in [-0.1, -0.05) is 52.8 Å². The van der Waals surface area contributed by atoms with Crippen LogP contribution in [0.3, 0.4) is 0 Å². The highest BCUT2D eigenvalue weighted by molar-refractivity contribution is 6.22. The third-order valence-corrected chi connectivity index (χ3v) is 12.8. The Balaban J connectivity index is 0.00000117. The number of aliphatic hydroxyl groups is 1. The van der Waals surface area contributed by atoms with Crippen LogP contribution in [-0.2, 0) is 23.8 Å². The number of rotatable bonds is 5. The number of Topliss-reactive ketones (excluding diaryl/α,β-unsaturated/α-hetero) is 1. The molecule has 3 unspecified atom stereocenters. The monoisotopic (exact) mass is 943 g/mol. The molecule has 6 bridgehead atoms. The maximum Gasteiger partial charge on any atom is 0.312 e. The Morgan fingerprint density at radius 2 is 1.71 bits per heavy atom. The molecule has 0 saturated carbocycles. The number of methoxy groups -OCH3 is 1. The number of hydrogen-bond donors (Lipinski definition) is 2. The van der Waals surface area contributed by atoms with Gasteiger partial charge in [-0.25, -0.2) is 4.98 Å². The largest absolute Gasteiger partial charge is 0.488 e. The van der Waals surface area contributed by atoms with Crippen LogP contribution in [0.5, 0.6) is 17.2 Å². The molecule has 6 atom stereocenters. The molecule has 1 fully saturated rings. The molecule has 2 aromatic carbocycles. The minimum atomic E-state index is -1.81. The number of anilines is 1. The van der Waals surface area contributed by atoms with E-state index in [1.807, 2.05) is 39.0 Å². The topological polar surface area (TPSA) is 182 Å². The van der Waals surface area contributed by atoms with Crippen molar-refractivity contribution in [1.29, 1.82) is 0 Å². The van der Waals surface area contributed by atoms with Gasteiger partial charge in [-0.05, 0) is 63.2 Å². The number of fused-ring (bicyclic) bond motifs is 8. The van der Waals surface area contributed by atoms with E-state index in [-0.39, 0.29) is 62.7 Å². The number of carbonyl (C=O) groups is 3. The maximum absolute atomic E-state index is 15.4. The van der Waals surface area contributed by atoms with Crippen LogP contribution >= 0.6 is 0 Å². The molecule has 0 radical (unpaired) electrons. The lowest BCUT2D eigenvalue weighted by molar-refractivity contribution is -0.897. The normalized spacial score (nSPS) is 25.9. The fraction of sp³-hybridized carbons (Fsp3) is 0.528. The number of nitrogens with zero attached hydrogens (tertiary/aromatic N) is 2. The molecule has 15 nitrogen and oxygen atoms in total. The van der Waals surface area contributed by atoms with E-state index in [0.29, 0.717) is 47.4 Å². The predicted octanol–water partition coefficient (Wildman–Crippen LogP) is 9.32. The highest BCUT2D eigenvalue weighted by atomic mass is 16.7. The van der Waals surface area contributed by atoms with Crippen molar-refractivity contribution in [2.75, 3.05) is 59.9 Å². The summed E-state index contributed by atoms with van der Waals surface area (Å²) in [4.78, 5) is 62.0. The Hall–Kier alpha value is -5.77. The van der Waals surface area contributed by atoms with Crippen LogP contribution in [0.15, 0.2) is 63.6 Å². The molecule has 1 aliphatic carbocycles. The molecule has 5 aliphatic heterocycles. The Kier molecular flexibility index (Phi) is 18.0. The molecule has 8 rings (SSSR count). The van der Waals surface area contributed by atoms with Crippen molar-refractivity contribution in [2.45, 2.75) is 112 Å². The van der Waals surface area contributed by atoms with E-state index < -0.39 is 41.1 Å². The van der Waals surface area contributed by atoms with Gasteiger partial charge in [0.15, 0.2) is 11.3 Å². The molecule has 2 N–H and O–H groups in total. The van der Waals surface area contributed by atoms with Crippen molar-refractivity contribution >= 4 is 45.2 Å². The third kappa shape index (κ3) is 11.4. The van der Waals surface area contributed by atoms with Gasteiger partial charge in [0.05, 0.1) is 37.3 Å². The summed E-state index contributed by atoms with van der Waals surface area (Å²) < 4.78 is 43.8. The zero-order valence-electron chi connectivity index (χ0n) is 42.2.